The third-order valence-electron chi connectivity index (χ3n) is 4.92. The number of imidazole rings is 1. The van der Waals surface area contributed by atoms with Crippen molar-refractivity contribution in [3.05, 3.63) is 59.4 Å². The second kappa shape index (κ2) is 9.59. The van der Waals surface area contributed by atoms with Gasteiger partial charge in [-0.2, -0.15) is 0 Å². The molecule has 1 amide bonds. The smallest absolute Gasteiger partial charge is 0.220 e. The van der Waals surface area contributed by atoms with Gasteiger partial charge in [0.25, 0.3) is 0 Å². The molecule has 0 saturated heterocycles. The van der Waals surface area contributed by atoms with Crippen molar-refractivity contribution in [1.29, 1.82) is 0 Å². The van der Waals surface area contributed by atoms with E-state index in [-0.39, 0.29) is 11.9 Å². The van der Waals surface area contributed by atoms with E-state index >= 15 is 0 Å². The maximum atomic E-state index is 12.1. The predicted octanol–water partition coefficient (Wildman–Crippen LogP) is 5.10. The van der Waals surface area contributed by atoms with Crippen LogP contribution in [-0.4, -0.2) is 22.1 Å². The van der Waals surface area contributed by atoms with Crippen molar-refractivity contribution in [2.24, 2.45) is 0 Å². The third kappa shape index (κ3) is 5.37. The Labute approximate surface area is 173 Å². The van der Waals surface area contributed by atoms with Gasteiger partial charge in [-0.15, -0.1) is 0 Å². The molecule has 1 atom stereocenters. The van der Waals surface area contributed by atoms with Gasteiger partial charge in [-0.1, -0.05) is 25.1 Å². The van der Waals surface area contributed by atoms with Crippen molar-refractivity contribution in [2.45, 2.75) is 59.5 Å². The molecular weight excluding hydrogens is 362 g/mol. The molecule has 0 radical (unpaired) electrons. The van der Waals surface area contributed by atoms with Crippen molar-refractivity contribution in [3.8, 4) is 5.75 Å². The van der Waals surface area contributed by atoms with Gasteiger partial charge >= 0.3 is 0 Å². The van der Waals surface area contributed by atoms with Crippen molar-refractivity contribution >= 4 is 16.9 Å². The van der Waals surface area contributed by atoms with E-state index in [0.717, 1.165) is 42.0 Å². The molecule has 0 aliphatic heterocycles. The number of nitrogens with one attached hydrogen (secondary N) is 1. The molecule has 2 aromatic carbocycles. The molecule has 0 bridgehead atoms. The van der Waals surface area contributed by atoms with Crippen LogP contribution in [-0.2, 0) is 11.3 Å². The summed E-state index contributed by atoms with van der Waals surface area (Å²) in [5, 5.41) is 3.07. The minimum Gasteiger partial charge on any atom is -0.494 e. The van der Waals surface area contributed by atoms with Gasteiger partial charge in [0.15, 0.2) is 0 Å². The first-order valence-electron chi connectivity index (χ1n) is 10.4. The maximum Gasteiger partial charge on any atom is 0.220 e. The van der Waals surface area contributed by atoms with Crippen LogP contribution in [0, 0.1) is 13.8 Å². The Morgan fingerprint density at radius 1 is 1.17 bits per heavy atom. The molecule has 0 fully saturated rings. The van der Waals surface area contributed by atoms with Crippen LogP contribution in [0.5, 0.6) is 5.75 Å². The molecule has 0 aliphatic rings. The van der Waals surface area contributed by atoms with Gasteiger partial charge in [0.05, 0.1) is 23.7 Å². The van der Waals surface area contributed by atoms with E-state index < -0.39 is 0 Å². The highest BCUT2D eigenvalue weighted by Gasteiger charge is 2.18. The summed E-state index contributed by atoms with van der Waals surface area (Å²) in [6, 6.07) is 14.3. The van der Waals surface area contributed by atoms with Crippen LogP contribution >= 0.6 is 0 Å². The van der Waals surface area contributed by atoms with Crippen molar-refractivity contribution < 1.29 is 9.53 Å². The zero-order chi connectivity index (χ0) is 20.8. The zero-order valence-corrected chi connectivity index (χ0v) is 17.9. The van der Waals surface area contributed by atoms with Crippen LogP contribution < -0.4 is 10.1 Å². The molecule has 1 aromatic heterocycles. The number of ether oxygens (including phenoxy) is 1. The number of carbonyl (C=O) groups excluding carboxylic acids is 1. The van der Waals surface area contributed by atoms with Gasteiger partial charge < -0.3 is 14.6 Å². The van der Waals surface area contributed by atoms with E-state index in [2.05, 4.69) is 48.0 Å². The number of nitrogens with zero attached hydrogens (tertiary/aromatic N) is 2. The Hall–Kier alpha value is -2.82. The van der Waals surface area contributed by atoms with E-state index in [9.17, 15) is 4.79 Å². The average Bonchev–Trinajstić information content (AvgIpc) is 3.03. The summed E-state index contributed by atoms with van der Waals surface area (Å²) in [6.45, 7) is 9.59. The van der Waals surface area contributed by atoms with E-state index in [1.54, 1.807) is 0 Å². The lowest BCUT2D eigenvalue weighted by atomic mass is 10.1. The standard InChI is InChI=1S/C24H31N3O2/c1-5-9-23(28)25-19(4)24-26-21-10-6-7-11-22(21)27(24)12-8-13-29-20-15-17(2)14-18(3)16-20/h6-7,10-11,14-16,19H,5,8-9,12-13H2,1-4H3,(H,25,28). The van der Waals surface area contributed by atoms with Crippen LogP contribution in [0.3, 0.4) is 0 Å². The van der Waals surface area contributed by atoms with E-state index in [1.807, 2.05) is 32.0 Å². The minimum absolute atomic E-state index is 0.0664. The van der Waals surface area contributed by atoms with E-state index in [0.29, 0.717) is 13.0 Å². The monoisotopic (exact) mass is 393 g/mol. The summed E-state index contributed by atoms with van der Waals surface area (Å²) >= 11 is 0. The molecule has 5 heteroatoms. The number of hydrogen-bond acceptors (Lipinski definition) is 3. The van der Waals surface area contributed by atoms with Crippen molar-refractivity contribution in [3.63, 3.8) is 0 Å². The largest absolute Gasteiger partial charge is 0.494 e. The molecule has 3 rings (SSSR count). The minimum atomic E-state index is -0.137. The van der Waals surface area contributed by atoms with Crippen LogP contribution in [0.2, 0.25) is 0 Å². The quantitative estimate of drug-likeness (QED) is 0.515. The highest BCUT2D eigenvalue weighted by atomic mass is 16.5. The number of carbonyl (C=O) groups is 1. The van der Waals surface area contributed by atoms with E-state index in [4.69, 9.17) is 9.72 Å². The molecule has 0 aliphatic carbocycles. The molecule has 1 heterocycles. The molecule has 0 saturated carbocycles. The van der Waals surface area contributed by atoms with Gasteiger partial charge in [0.2, 0.25) is 5.91 Å². The molecular formula is C24H31N3O2. The lowest BCUT2D eigenvalue weighted by molar-refractivity contribution is -0.121. The Balaban J connectivity index is 1.71. The first-order chi connectivity index (χ1) is 14.0. The van der Waals surface area contributed by atoms with Gasteiger partial charge in [-0.05, 0) is 69.0 Å². The van der Waals surface area contributed by atoms with Crippen molar-refractivity contribution in [2.75, 3.05) is 6.61 Å². The van der Waals surface area contributed by atoms with Gasteiger partial charge in [0, 0.05) is 13.0 Å². The molecule has 154 valence electrons. The summed E-state index contributed by atoms with van der Waals surface area (Å²) < 4.78 is 8.18. The second-order valence-electron chi connectivity index (χ2n) is 7.67. The van der Waals surface area contributed by atoms with Crippen LogP contribution in [0.25, 0.3) is 11.0 Å². The summed E-state index contributed by atoms with van der Waals surface area (Å²) in [6.07, 6.45) is 2.23. The lowest BCUT2D eigenvalue weighted by Crippen LogP contribution is -2.28. The number of rotatable bonds is 9. The Morgan fingerprint density at radius 2 is 1.90 bits per heavy atom. The fraction of sp³-hybridized carbons (Fsp3) is 0.417. The van der Waals surface area contributed by atoms with Gasteiger partial charge in [-0.3, -0.25) is 4.79 Å². The van der Waals surface area contributed by atoms with Crippen LogP contribution in [0.1, 0.15) is 56.1 Å². The lowest BCUT2D eigenvalue weighted by Gasteiger charge is -2.16. The first kappa shape index (κ1) is 20.9. The molecule has 1 unspecified atom stereocenters. The number of aryl methyl sites for hydroxylation is 3. The molecule has 29 heavy (non-hydrogen) atoms. The van der Waals surface area contributed by atoms with Crippen LogP contribution in [0.4, 0.5) is 0 Å². The second-order valence-corrected chi connectivity index (χ2v) is 7.67. The number of amides is 1. The molecule has 1 N–H and O–H groups in total. The summed E-state index contributed by atoms with van der Waals surface area (Å²) in [5.74, 6) is 1.87. The summed E-state index contributed by atoms with van der Waals surface area (Å²) in [5.41, 5.74) is 4.46. The highest BCUT2D eigenvalue weighted by Crippen LogP contribution is 2.22. The average molecular weight is 394 g/mol. The van der Waals surface area contributed by atoms with Gasteiger partial charge in [0.1, 0.15) is 11.6 Å². The third-order valence-corrected chi connectivity index (χ3v) is 4.92. The summed E-state index contributed by atoms with van der Waals surface area (Å²) in [4.78, 5) is 16.9. The normalized spacial score (nSPS) is 12.1. The Bertz CT molecular complexity index is 957. The molecule has 5 nitrogen and oxygen atoms in total. The fourth-order valence-electron chi connectivity index (χ4n) is 3.69. The van der Waals surface area contributed by atoms with Crippen molar-refractivity contribution in [1.82, 2.24) is 14.9 Å². The number of aromatic nitrogens is 2. The Morgan fingerprint density at radius 3 is 2.62 bits per heavy atom. The fourth-order valence-corrected chi connectivity index (χ4v) is 3.69. The topological polar surface area (TPSA) is 56.2 Å². The summed E-state index contributed by atoms with van der Waals surface area (Å²) in [7, 11) is 0. The predicted molar refractivity (Wildman–Crippen MR) is 117 cm³/mol. The van der Waals surface area contributed by atoms with Gasteiger partial charge in [-0.25, -0.2) is 4.98 Å². The SMILES string of the molecule is CCCC(=O)NC(C)c1nc2ccccc2n1CCCOc1cc(C)cc(C)c1. The highest BCUT2D eigenvalue weighted by molar-refractivity contribution is 5.78. The number of benzene rings is 2. The number of fused-ring (bicyclic) bond motifs is 1. The molecule has 0 spiro atoms. The van der Waals surface area contributed by atoms with Crippen LogP contribution in [0.15, 0.2) is 42.5 Å². The van der Waals surface area contributed by atoms with E-state index in [1.165, 1.54) is 11.1 Å². The number of para-hydroxylation sites is 2. The number of hydrogen-bond donors (Lipinski definition) is 1. The first-order valence-corrected chi connectivity index (χ1v) is 10.4. The molecule has 3 aromatic rings. The Kier molecular flexibility index (Phi) is 6.91. The maximum absolute atomic E-state index is 12.1. The zero-order valence-electron chi connectivity index (χ0n) is 17.9.